The molecule has 0 saturated carbocycles. The second-order valence-electron chi connectivity index (χ2n) is 6.12. The van der Waals surface area contributed by atoms with E-state index in [4.69, 9.17) is 25.9 Å². The first-order chi connectivity index (χ1) is 14.4. The number of hydrogen-bond donors (Lipinski definition) is 5. The molecule has 164 valence electrons. The number of ether oxygens (including phenoxy) is 1. The summed E-state index contributed by atoms with van der Waals surface area (Å²) >= 11 is 6.52. The Morgan fingerprint density at radius 3 is 2.30 bits per heavy atom. The van der Waals surface area contributed by atoms with Crippen LogP contribution in [0.3, 0.4) is 0 Å². The average molecular weight is 441 g/mol. The fourth-order valence-corrected chi connectivity index (χ4v) is 3.37. The fourth-order valence-electron chi connectivity index (χ4n) is 3.02. The highest BCUT2D eigenvalue weighted by Gasteiger charge is 2.25. The molecular weight excluding hydrogens is 416 g/mol. The van der Waals surface area contributed by atoms with E-state index in [1.54, 1.807) is 19.2 Å². The van der Waals surface area contributed by atoms with Crippen molar-refractivity contribution in [1.29, 1.82) is 0 Å². The highest BCUT2D eigenvalue weighted by Crippen LogP contribution is 2.38. The number of aliphatic hydroxyl groups excluding tert-OH is 3. The van der Waals surface area contributed by atoms with Crippen LogP contribution in [-0.4, -0.2) is 46.1 Å². The standard InChI is InChI=1S/C19H25ClN2O5.CO2/c1-3-6-27-19(26)18-17(20)16(15(22-18)7-21-2)12-5-4-11(8-23)13(9-24)14(12)10-25;2-1-3/h4-5,21-25H,3,6-10H2,1-2H3;. The van der Waals surface area contributed by atoms with Crippen molar-refractivity contribution in [2.24, 2.45) is 0 Å². The van der Waals surface area contributed by atoms with E-state index in [1.807, 2.05) is 6.92 Å². The lowest BCUT2D eigenvalue weighted by Gasteiger charge is -2.16. The Bertz CT molecular complexity index is 890. The molecule has 0 bridgehead atoms. The minimum absolute atomic E-state index is 0.144. The molecule has 30 heavy (non-hydrogen) atoms. The molecular formula is C20H25ClN2O7. The van der Waals surface area contributed by atoms with Gasteiger partial charge in [-0.1, -0.05) is 30.7 Å². The summed E-state index contributed by atoms with van der Waals surface area (Å²) in [6, 6.07) is 3.38. The summed E-state index contributed by atoms with van der Waals surface area (Å²) in [4.78, 5) is 31.6. The maximum Gasteiger partial charge on any atom is 0.373 e. The van der Waals surface area contributed by atoms with E-state index < -0.39 is 5.97 Å². The number of hydrogen-bond acceptors (Lipinski definition) is 8. The Hall–Kier alpha value is -2.52. The van der Waals surface area contributed by atoms with Gasteiger partial charge < -0.3 is 30.4 Å². The molecule has 2 aromatic rings. The van der Waals surface area contributed by atoms with Gasteiger partial charge in [-0.3, -0.25) is 0 Å². The maximum atomic E-state index is 12.3. The van der Waals surface area contributed by atoms with E-state index in [0.29, 0.717) is 46.5 Å². The lowest BCUT2D eigenvalue weighted by Crippen LogP contribution is -2.09. The predicted octanol–water partition coefficient (Wildman–Crippen LogP) is 1.51. The van der Waals surface area contributed by atoms with Gasteiger partial charge in [-0.15, -0.1) is 0 Å². The van der Waals surface area contributed by atoms with E-state index in [1.165, 1.54) is 0 Å². The number of aromatic nitrogens is 1. The Labute approximate surface area is 178 Å². The molecule has 0 aliphatic heterocycles. The van der Waals surface area contributed by atoms with Crippen molar-refractivity contribution < 1.29 is 34.4 Å². The third-order valence-corrected chi connectivity index (χ3v) is 4.67. The summed E-state index contributed by atoms with van der Waals surface area (Å²) in [6.07, 6.45) is 0.942. The Kier molecular flexibility index (Phi) is 11.0. The molecule has 0 radical (unpaired) electrons. The van der Waals surface area contributed by atoms with Crippen molar-refractivity contribution in [2.75, 3.05) is 13.7 Å². The molecule has 1 aromatic heterocycles. The van der Waals surface area contributed by atoms with Crippen LogP contribution in [0.1, 0.15) is 46.2 Å². The third-order valence-electron chi connectivity index (χ3n) is 4.30. The van der Waals surface area contributed by atoms with Crippen LogP contribution >= 0.6 is 11.6 Å². The van der Waals surface area contributed by atoms with Gasteiger partial charge in [-0.25, -0.2) is 4.79 Å². The second kappa shape index (κ2) is 12.9. The molecule has 1 aromatic carbocycles. The third kappa shape index (κ3) is 5.76. The highest BCUT2D eigenvalue weighted by atomic mass is 35.5. The molecule has 0 amide bonds. The number of halogens is 1. The van der Waals surface area contributed by atoms with Gasteiger partial charge in [0.15, 0.2) is 0 Å². The number of H-pyrrole nitrogens is 1. The maximum absolute atomic E-state index is 12.3. The van der Waals surface area contributed by atoms with E-state index in [-0.39, 0.29) is 43.3 Å². The second-order valence-corrected chi connectivity index (χ2v) is 6.50. The van der Waals surface area contributed by atoms with Crippen LogP contribution < -0.4 is 5.32 Å². The van der Waals surface area contributed by atoms with Gasteiger partial charge in [0.05, 0.1) is 31.5 Å². The zero-order valence-electron chi connectivity index (χ0n) is 16.7. The van der Waals surface area contributed by atoms with Crippen LogP contribution in [0.2, 0.25) is 5.02 Å². The Morgan fingerprint density at radius 2 is 1.80 bits per heavy atom. The summed E-state index contributed by atoms with van der Waals surface area (Å²) < 4.78 is 5.18. The lowest BCUT2D eigenvalue weighted by atomic mass is 9.92. The molecule has 0 saturated heterocycles. The summed E-state index contributed by atoms with van der Waals surface area (Å²) in [7, 11) is 1.76. The van der Waals surface area contributed by atoms with Gasteiger partial charge in [0.1, 0.15) is 5.69 Å². The zero-order chi connectivity index (χ0) is 22.7. The van der Waals surface area contributed by atoms with E-state index in [9.17, 15) is 20.1 Å². The van der Waals surface area contributed by atoms with Gasteiger partial charge in [0.2, 0.25) is 0 Å². The molecule has 2 rings (SSSR count). The highest BCUT2D eigenvalue weighted by molar-refractivity contribution is 6.36. The average Bonchev–Trinajstić information content (AvgIpc) is 3.07. The van der Waals surface area contributed by atoms with Crippen molar-refractivity contribution in [3.63, 3.8) is 0 Å². The van der Waals surface area contributed by atoms with E-state index in [2.05, 4.69) is 10.3 Å². The van der Waals surface area contributed by atoms with Gasteiger partial charge in [-0.05, 0) is 35.7 Å². The Balaban J connectivity index is 0.00000141. The van der Waals surface area contributed by atoms with E-state index >= 15 is 0 Å². The van der Waals surface area contributed by atoms with Crippen LogP contribution in [0.25, 0.3) is 11.1 Å². The lowest BCUT2D eigenvalue weighted by molar-refractivity contribution is -0.191. The SMILES string of the molecule is CCCOC(=O)c1[nH]c(CNC)c(-c2ccc(CO)c(CO)c2CO)c1Cl.O=C=O. The van der Waals surface area contributed by atoms with Crippen LogP contribution in [0, 0.1) is 0 Å². The van der Waals surface area contributed by atoms with Crippen molar-refractivity contribution in [3.8, 4) is 11.1 Å². The molecule has 0 atom stereocenters. The van der Waals surface area contributed by atoms with Crippen LogP contribution in [0.15, 0.2) is 12.1 Å². The topological polar surface area (TPSA) is 149 Å². The number of aliphatic hydroxyl groups is 3. The first-order valence-electron chi connectivity index (χ1n) is 9.13. The number of aromatic amines is 1. The molecule has 0 aliphatic rings. The Morgan fingerprint density at radius 1 is 1.17 bits per heavy atom. The van der Waals surface area contributed by atoms with Crippen molar-refractivity contribution in [1.82, 2.24) is 10.3 Å². The van der Waals surface area contributed by atoms with Gasteiger partial charge in [-0.2, -0.15) is 9.59 Å². The van der Waals surface area contributed by atoms with E-state index in [0.717, 1.165) is 0 Å². The van der Waals surface area contributed by atoms with Crippen molar-refractivity contribution in [2.45, 2.75) is 39.7 Å². The summed E-state index contributed by atoms with van der Waals surface area (Å²) in [5, 5.41) is 32.3. The quantitative estimate of drug-likeness (QED) is 0.368. The monoisotopic (exact) mass is 440 g/mol. The summed E-state index contributed by atoms with van der Waals surface area (Å²) in [5.41, 5.74) is 3.36. The van der Waals surface area contributed by atoms with Crippen LogP contribution in [0.5, 0.6) is 0 Å². The number of benzene rings is 1. The molecule has 0 fully saturated rings. The predicted molar refractivity (Wildman–Crippen MR) is 107 cm³/mol. The molecule has 0 spiro atoms. The molecule has 10 heteroatoms. The molecule has 0 unspecified atom stereocenters. The van der Waals surface area contributed by atoms with Crippen LogP contribution in [0.4, 0.5) is 0 Å². The number of esters is 1. The molecule has 5 N–H and O–H groups in total. The van der Waals surface area contributed by atoms with Gasteiger partial charge in [0, 0.05) is 17.8 Å². The number of rotatable bonds is 9. The van der Waals surface area contributed by atoms with Crippen molar-refractivity contribution >= 4 is 23.7 Å². The molecule has 0 aliphatic carbocycles. The van der Waals surface area contributed by atoms with Crippen molar-refractivity contribution in [3.05, 3.63) is 45.2 Å². The smallest absolute Gasteiger partial charge is 0.373 e. The summed E-state index contributed by atoms with van der Waals surface area (Å²) in [5.74, 6) is -0.551. The normalized spacial score (nSPS) is 10.2. The summed E-state index contributed by atoms with van der Waals surface area (Å²) in [6.45, 7) is 1.63. The minimum Gasteiger partial charge on any atom is -0.461 e. The molecule has 9 nitrogen and oxygen atoms in total. The molecule has 1 heterocycles. The largest absolute Gasteiger partial charge is 0.461 e. The first kappa shape index (κ1) is 25.5. The fraction of sp³-hybridized carbons (Fsp3) is 0.400. The number of carbonyl (C=O) groups is 1. The minimum atomic E-state index is -0.551. The van der Waals surface area contributed by atoms with Gasteiger partial charge in [0.25, 0.3) is 0 Å². The van der Waals surface area contributed by atoms with Gasteiger partial charge >= 0.3 is 12.1 Å². The number of carbonyl (C=O) groups excluding carboxylic acids is 3. The zero-order valence-corrected chi connectivity index (χ0v) is 17.5. The first-order valence-corrected chi connectivity index (χ1v) is 9.51. The van der Waals surface area contributed by atoms with Crippen LogP contribution in [-0.2, 0) is 40.7 Å². The number of nitrogens with one attached hydrogen (secondary N) is 2.